The molecule has 1 fully saturated rings. The summed E-state index contributed by atoms with van der Waals surface area (Å²) in [6.45, 7) is 4.09. The molecule has 116 valence electrons. The fourth-order valence-corrected chi connectivity index (χ4v) is 2.98. The van der Waals surface area contributed by atoms with E-state index in [1.165, 1.54) is 0 Å². The number of hydrogen-bond donors (Lipinski definition) is 0. The third-order valence-corrected chi connectivity index (χ3v) is 3.95. The highest BCUT2D eigenvalue weighted by Crippen LogP contribution is 2.36. The van der Waals surface area contributed by atoms with Gasteiger partial charge in [0.05, 0.1) is 17.9 Å². The lowest BCUT2D eigenvalue weighted by molar-refractivity contribution is 0.0723. The van der Waals surface area contributed by atoms with Crippen molar-refractivity contribution in [3.05, 3.63) is 46.6 Å². The van der Waals surface area contributed by atoms with E-state index >= 15 is 0 Å². The molecule has 3 rings (SSSR count). The van der Waals surface area contributed by atoms with Gasteiger partial charge < -0.3 is 9.42 Å². The number of halogens is 2. The van der Waals surface area contributed by atoms with Gasteiger partial charge in [0.25, 0.3) is 5.91 Å². The smallest absolute Gasteiger partial charge is 0.276 e. The molecule has 2 aromatic rings. The van der Waals surface area contributed by atoms with Gasteiger partial charge in [0, 0.05) is 18.2 Å². The second kappa shape index (κ2) is 5.47. The molecule has 3 heterocycles. The predicted octanol–water partition coefficient (Wildman–Crippen LogP) is 2.94. The topological polar surface area (TPSA) is 59.2 Å². The molecular weight excluding hydrogens is 292 g/mol. The molecule has 1 amide bonds. The molecule has 2 aromatic heterocycles. The van der Waals surface area contributed by atoms with Crippen LogP contribution < -0.4 is 0 Å². The SMILES string of the molecule is Cc1noc(C)c1[C@H]1CCCN1C(=O)c1ncc(F)cc1F. The van der Waals surface area contributed by atoms with Crippen molar-refractivity contribution in [2.24, 2.45) is 0 Å². The summed E-state index contributed by atoms with van der Waals surface area (Å²) in [5, 5.41) is 3.90. The van der Waals surface area contributed by atoms with Crippen LogP contribution in [0.1, 0.15) is 46.4 Å². The Bertz CT molecular complexity index is 710. The monoisotopic (exact) mass is 307 g/mol. The number of hydrogen-bond acceptors (Lipinski definition) is 4. The Morgan fingerprint density at radius 3 is 2.82 bits per heavy atom. The third kappa shape index (κ3) is 2.36. The van der Waals surface area contributed by atoms with Gasteiger partial charge in [-0.2, -0.15) is 0 Å². The van der Waals surface area contributed by atoms with Crippen molar-refractivity contribution >= 4 is 5.91 Å². The third-order valence-electron chi connectivity index (χ3n) is 3.95. The molecule has 7 heteroatoms. The lowest BCUT2D eigenvalue weighted by atomic mass is 10.0. The van der Waals surface area contributed by atoms with Gasteiger partial charge >= 0.3 is 0 Å². The highest BCUT2D eigenvalue weighted by Gasteiger charge is 2.35. The van der Waals surface area contributed by atoms with Crippen molar-refractivity contribution in [3.63, 3.8) is 0 Å². The maximum absolute atomic E-state index is 13.8. The molecule has 0 bridgehead atoms. The van der Waals surface area contributed by atoms with E-state index in [0.29, 0.717) is 18.4 Å². The first-order valence-corrected chi connectivity index (χ1v) is 7.04. The van der Waals surface area contributed by atoms with Gasteiger partial charge in [-0.05, 0) is 26.7 Å². The van der Waals surface area contributed by atoms with E-state index in [9.17, 15) is 13.6 Å². The van der Waals surface area contributed by atoms with Crippen molar-refractivity contribution in [1.82, 2.24) is 15.0 Å². The van der Waals surface area contributed by atoms with Crippen LogP contribution in [0.4, 0.5) is 8.78 Å². The van der Waals surface area contributed by atoms with Crippen LogP contribution in [-0.4, -0.2) is 27.5 Å². The maximum Gasteiger partial charge on any atom is 0.276 e. The number of amides is 1. The van der Waals surface area contributed by atoms with E-state index in [0.717, 1.165) is 30.3 Å². The van der Waals surface area contributed by atoms with E-state index in [1.807, 2.05) is 6.92 Å². The summed E-state index contributed by atoms with van der Waals surface area (Å²) < 4.78 is 31.9. The summed E-state index contributed by atoms with van der Waals surface area (Å²) in [7, 11) is 0. The molecule has 5 nitrogen and oxygen atoms in total. The molecule has 0 radical (unpaired) electrons. The summed E-state index contributed by atoms with van der Waals surface area (Å²) in [5.41, 5.74) is 1.21. The number of pyridine rings is 1. The number of nitrogens with zero attached hydrogens (tertiary/aromatic N) is 3. The zero-order chi connectivity index (χ0) is 15.9. The van der Waals surface area contributed by atoms with Crippen molar-refractivity contribution < 1.29 is 18.1 Å². The van der Waals surface area contributed by atoms with Gasteiger partial charge in [-0.1, -0.05) is 5.16 Å². The highest BCUT2D eigenvalue weighted by atomic mass is 19.1. The quantitative estimate of drug-likeness (QED) is 0.856. The standard InChI is InChI=1S/C15H15F2N3O2/c1-8-13(9(2)22-19-8)12-4-3-5-20(12)15(21)14-11(17)6-10(16)7-18-14/h6-7,12H,3-5H2,1-2H3/t12-/m1/s1. The minimum absolute atomic E-state index is 0.218. The number of carbonyl (C=O) groups excluding carboxylic acids is 1. The molecule has 0 unspecified atom stereocenters. The largest absolute Gasteiger partial charge is 0.361 e. The molecule has 22 heavy (non-hydrogen) atoms. The van der Waals surface area contributed by atoms with E-state index in [1.54, 1.807) is 11.8 Å². The Hall–Kier alpha value is -2.31. The summed E-state index contributed by atoms with van der Waals surface area (Å²) in [6, 6.07) is 0.450. The second-order valence-electron chi connectivity index (χ2n) is 5.38. The van der Waals surface area contributed by atoms with Crippen LogP contribution >= 0.6 is 0 Å². The minimum Gasteiger partial charge on any atom is -0.361 e. The predicted molar refractivity (Wildman–Crippen MR) is 73.1 cm³/mol. The van der Waals surface area contributed by atoms with Crippen LogP contribution in [-0.2, 0) is 0 Å². The summed E-state index contributed by atoms with van der Waals surface area (Å²) in [5.74, 6) is -1.65. The Kier molecular flexibility index (Phi) is 3.64. The lowest BCUT2D eigenvalue weighted by Crippen LogP contribution is -2.32. The van der Waals surface area contributed by atoms with Crippen LogP contribution in [0.3, 0.4) is 0 Å². The number of likely N-dealkylation sites (tertiary alicyclic amines) is 1. The normalized spacial score (nSPS) is 18.0. The van der Waals surface area contributed by atoms with E-state index in [2.05, 4.69) is 10.1 Å². The maximum atomic E-state index is 13.8. The first-order chi connectivity index (χ1) is 10.5. The van der Waals surface area contributed by atoms with Gasteiger partial charge in [-0.15, -0.1) is 0 Å². The van der Waals surface area contributed by atoms with E-state index < -0.39 is 17.5 Å². The summed E-state index contributed by atoms with van der Waals surface area (Å²) >= 11 is 0. The van der Waals surface area contributed by atoms with Gasteiger partial charge in [-0.3, -0.25) is 4.79 Å². The lowest BCUT2D eigenvalue weighted by Gasteiger charge is -2.24. The fourth-order valence-electron chi connectivity index (χ4n) is 2.98. The molecule has 0 aromatic carbocycles. The van der Waals surface area contributed by atoms with Gasteiger partial charge in [0.1, 0.15) is 11.6 Å². The molecule has 1 aliphatic rings. The number of aromatic nitrogens is 2. The molecule has 0 saturated carbocycles. The van der Waals surface area contributed by atoms with Crippen LogP contribution in [0.5, 0.6) is 0 Å². The van der Waals surface area contributed by atoms with Gasteiger partial charge in [-0.25, -0.2) is 13.8 Å². The van der Waals surface area contributed by atoms with Crippen molar-refractivity contribution in [2.75, 3.05) is 6.54 Å². The fraction of sp³-hybridized carbons (Fsp3) is 0.400. The van der Waals surface area contributed by atoms with Gasteiger partial charge in [0.15, 0.2) is 11.5 Å². The Balaban J connectivity index is 1.95. The molecule has 0 aliphatic carbocycles. The zero-order valence-corrected chi connectivity index (χ0v) is 12.3. The van der Waals surface area contributed by atoms with Crippen LogP contribution in [0, 0.1) is 25.5 Å². The average Bonchev–Trinajstić information content (AvgIpc) is 3.05. The number of carbonyl (C=O) groups is 1. The highest BCUT2D eigenvalue weighted by molar-refractivity contribution is 5.93. The summed E-state index contributed by atoms with van der Waals surface area (Å²) in [6.07, 6.45) is 2.39. The van der Waals surface area contributed by atoms with Crippen molar-refractivity contribution in [1.29, 1.82) is 0 Å². The van der Waals surface area contributed by atoms with Crippen LogP contribution in [0.15, 0.2) is 16.8 Å². The molecule has 0 N–H and O–H groups in total. The van der Waals surface area contributed by atoms with Gasteiger partial charge in [0.2, 0.25) is 0 Å². The average molecular weight is 307 g/mol. The first kappa shape index (κ1) is 14.6. The summed E-state index contributed by atoms with van der Waals surface area (Å²) in [4.78, 5) is 17.7. The number of aryl methyl sites for hydroxylation is 2. The Morgan fingerprint density at radius 2 is 2.18 bits per heavy atom. The van der Waals surface area contributed by atoms with E-state index in [-0.39, 0.29) is 11.7 Å². The first-order valence-electron chi connectivity index (χ1n) is 7.04. The minimum atomic E-state index is -0.950. The molecule has 1 aliphatic heterocycles. The second-order valence-corrected chi connectivity index (χ2v) is 5.38. The van der Waals surface area contributed by atoms with Crippen LogP contribution in [0.25, 0.3) is 0 Å². The Morgan fingerprint density at radius 1 is 1.41 bits per heavy atom. The van der Waals surface area contributed by atoms with Crippen molar-refractivity contribution in [3.8, 4) is 0 Å². The molecular formula is C15H15F2N3O2. The van der Waals surface area contributed by atoms with Crippen LogP contribution in [0.2, 0.25) is 0 Å². The number of rotatable bonds is 2. The Labute approximate surface area is 125 Å². The van der Waals surface area contributed by atoms with E-state index in [4.69, 9.17) is 4.52 Å². The zero-order valence-electron chi connectivity index (χ0n) is 12.3. The molecule has 1 saturated heterocycles. The molecule has 0 spiro atoms. The molecule has 1 atom stereocenters. The van der Waals surface area contributed by atoms with Crippen molar-refractivity contribution in [2.45, 2.75) is 32.7 Å².